The van der Waals surface area contributed by atoms with Gasteiger partial charge in [0.25, 0.3) is 5.91 Å². The van der Waals surface area contributed by atoms with Crippen LogP contribution in [0.4, 0.5) is 0 Å². The fraction of sp³-hybridized carbons (Fsp3) is 0.500. The zero-order chi connectivity index (χ0) is 13.0. The molecule has 0 saturated carbocycles. The van der Waals surface area contributed by atoms with Crippen LogP contribution in [0.25, 0.3) is 0 Å². The molecule has 2 rings (SSSR count). The Morgan fingerprint density at radius 2 is 2.06 bits per heavy atom. The van der Waals surface area contributed by atoms with Crippen LogP contribution < -0.4 is 0 Å². The molecule has 18 heavy (non-hydrogen) atoms. The lowest BCUT2D eigenvalue weighted by atomic mass is 9.95. The van der Waals surface area contributed by atoms with Crippen molar-refractivity contribution in [3.8, 4) is 0 Å². The summed E-state index contributed by atoms with van der Waals surface area (Å²) in [6, 6.07) is 7.63. The molecular formula is C14H17Br2NO. The van der Waals surface area contributed by atoms with Crippen molar-refractivity contribution in [3.05, 3.63) is 34.3 Å². The van der Waals surface area contributed by atoms with Gasteiger partial charge in [0.1, 0.15) is 0 Å². The number of hydrogen-bond donors (Lipinski definition) is 0. The highest BCUT2D eigenvalue weighted by molar-refractivity contribution is 9.10. The van der Waals surface area contributed by atoms with Crippen molar-refractivity contribution in [1.29, 1.82) is 0 Å². The minimum atomic E-state index is 0.168. The molecule has 1 aromatic carbocycles. The second kappa shape index (κ2) is 6.71. The first-order chi connectivity index (χ1) is 8.70. The van der Waals surface area contributed by atoms with Gasteiger partial charge in [0.15, 0.2) is 0 Å². The maximum absolute atomic E-state index is 12.4. The number of alkyl halides is 1. The number of carbonyl (C=O) groups is 1. The molecule has 0 radical (unpaired) electrons. The Labute approximate surface area is 125 Å². The summed E-state index contributed by atoms with van der Waals surface area (Å²) in [5.74, 6) is 0.819. The molecular weight excluding hydrogens is 358 g/mol. The van der Waals surface area contributed by atoms with Crippen LogP contribution in [0.5, 0.6) is 0 Å². The second-order valence-corrected chi connectivity index (χ2v) is 6.45. The number of hydrogen-bond acceptors (Lipinski definition) is 1. The van der Waals surface area contributed by atoms with Crippen LogP contribution in [-0.4, -0.2) is 29.2 Å². The Morgan fingerprint density at radius 3 is 2.72 bits per heavy atom. The minimum Gasteiger partial charge on any atom is -0.338 e. The van der Waals surface area contributed by atoms with Gasteiger partial charge < -0.3 is 4.90 Å². The van der Waals surface area contributed by atoms with Gasteiger partial charge in [-0.05, 0) is 49.4 Å². The lowest BCUT2D eigenvalue weighted by Crippen LogP contribution is -2.40. The van der Waals surface area contributed by atoms with Crippen molar-refractivity contribution in [2.75, 3.05) is 18.4 Å². The first-order valence-corrected chi connectivity index (χ1v) is 8.23. The Hall–Kier alpha value is -0.350. The fourth-order valence-corrected chi connectivity index (χ4v) is 3.33. The zero-order valence-electron chi connectivity index (χ0n) is 10.2. The van der Waals surface area contributed by atoms with Crippen LogP contribution >= 0.6 is 31.9 Å². The van der Waals surface area contributed by atoms with Crippen LogP contribution in [-0.2, 0) is 0 Å². The molecule has 1 atom stereocenters. The number of halogens is 2. The molecule has 1 aliphatic rings. The second-order valence-electron chi connectivity index (χ2n) is 4.74. The highest BCUT2D eigenvalue weighted by atomic mass is 79.9. The van der Waals surface area contributed by atoms with Gasteiger partial charge in [-0.2, -0.15) is 0 Å². The first kappa shape index (κ1) is 14.1. The Morgan fingerprint density at radius 1 is 1.33 bits per heavy atom. The minimum absolute atomic E-state index is 0.168. The topological polar surface area (TPSA) is 20.3 Å². The molecule has 1 saturated heterocycles. The van der Waals surface area contributed by atoms with E-state index < -0.39 is 0 Å². The van der Waals surface area contributed by atoms with Crippen LogP contribution in [0.15, 0.2) is 28.7 Å². The third-order valence-corrected chi connectivity index (χ3v) is 4.40. The smallest absolute Gasteiger partial charge is 0.253 e. The molecule has 1 aromatic rings. The fourth-order valence-electron chi connectivity index (χ4n) is 2.41. The predicted molar refractivity (Wildman–Crippen MR) is 81.2 cm³/mol. The van der Waals surface area contributed by atoms with Gasteiger partial charge >= 0.3 is 0 Å². The average molecular weight is 375 g/mol. The molecule has 1 fully saturated rings. The van der Waals surface area contributed by atoms with E-state index in [1.54, 1.807) is 0 Å². The average Bonchev–Trinajstić information content (AvgIpc) is 2.39. The molecule has 2 nitrogen and oxygen atoms in total. The zero-order valence-corrected chi connectivity index (χ0v) is 13.4. The number of likely N-dealkylation sites (tertiary alicyclic amines) is 1. The number of nitrogens with zero attached hydrogens (tertiary/aromatic N) is 1. The van der Waals surface area contributed by atoms with Gasteiger partial charge in [-0.3, -0.25) is 4.79 Å². The molecule has 0 spiro atoms. The monoisotopic (exact) mass is 373 g/mol. The third kappa shape index (κ3) is 3.58. The number of rotatable bonds is 3. The van der Waals surface area contributed by atoms with E-state index in [-0.39, 0.29) is 5.91 Å². The molecule has 1 unspecified atom stereocenters. The molecule has 1 amide bonds. The van der Waals surface area contributed by atoms with E-state index in [1.807, 2.05) is 29.2 Å². The highest BCUT2D eigenvalue weighted by Crippen LogP contribution is 2.22. The predicted octanol–water partition coefficient (Wildman–Crippen LogP) is 4.09. The standard InChI is InChI=1S/C14H17Br2NO/c15-8-7-11-2-1-9-17(10-11)14(18)12-3-5-13(16)6-4-12/h3-6,11H,1-2,7-10H2. The summed E-state index contributed by atoms with van der Waals surface area (Å²) < 4.78 is 1.01. The van der Waals surface area contributed by atoms with E-state index in [9.17, 15) is 4.79 Å². The molecule has 0 aromatic heterocycles. The summed E-state index contributed by atoms with van der Waals surface area (Å²) >= 11 is 6.88. The van der Waals surface area contributed by atoms with E-state index in [4.69, 9.17) is 0 Å². The SMILES string of the molecule is O=C(c1ccc(Br)cc1)N1CCCC(CCBr)C1. The van der Waals surface area contributed by atoms with E-state index in [1.165, 1.54) is 6.42 Å². The summed E-state index contributed by atoms with van der Waals surface area (Å²) in [5, 5.41) is 1.03. The summed E-state index contributed by atoms with van der Waals surface area (Å²) in [6.45, 7) is 1.80. The summed E-state index contributed by atoms with van der Waals surface area (Å²) in [4.78, 5) is 14.4. The Bertz CT molecular complexity index is 403. The van der Waals surface area contributed by atoms with Crippen LogP contribution in [0.1, 0.15) is 29.6 Å². The molecule has 98 valence electrons. The lowest BCUT2D eigenvalue weighted by Gasteiger charge is -2.32. The molecule has 0 aliphatic carbocycles. The van der Waals surface area contributed by atoms with Gasteiger partial charge in [0.2, 0.25) is 0 Å². The van der Waals surface area contributed by atoms with Crippen LogP contribution in [0, 0.1) is 5.92 Å². The number of carbonyl (C=O) groups excluding carboxylic acids is 1. The van der Waals surface area contributed by atoms with Gasteiger partial charge in [-0.15, -0.1) is 0 Å². The third-order valence-electron chi connectivity index (χ3n) is 3.41. The summed E-state index contributed by atoms with van der Waals surface area (Å²) in [5.41, 5.74) is 0.790. The molecule has 0 bridgehead atoms. The Balaban J connectivity index is 2.02. The maximum Gasteiger partial charge on any atom is 0.253 e. The van der Waals surface area contributed by atoms with E-state index in [0.717, 1.165) is 41.3 Å². The van der Waals surface area contributed by atoms with Crippen LogP contribution in [0.3, 0.4) is 0 Å². The highest BCUT2D eigenvalue weighted by Gasteiger charge is 2.23. The lowest BCUT2D eigenvalue weighted by molar-refractivity contribution is 0.0672. The molecule has 0 N–H and O–H groups in total. The molecule has 4 heteroatoms. The van der Waals surface area contributed by atoms with Gasteiger partial charge in [-0.25, -0.2) is 0 Å². The van der Waals surface area contributed by atoms with Crippen molar-refractivity contribution in [1.82, 2.24) is 4.90 Å². The number of amides is 1. The van der Waals surface area contributed by atoms with E-state index in [2.05, 4.69) is 31.9 Å². The van der Waals surface area contributed by atoms with Gasteiger partial charge in [-0.1, -0.05) is 31.9 Å². The van der Waals surface area contributed by atoms with Crippen molar-refractivity contribution in [2.24, 2.45) is 5.92 Å². The first-order valence-electron chi connectivity index (χ1n) is 6.31. The summed E-state index contributed by atoms with van der Waals surface area (Å²) in [6.07, 6.45) is 3.53. The van der Waals surface area contributed by atoms with Crippen molar-refractivity contribution in [3.63, 3.8) is 0 Å². The molecule has 1 heterocycles. The molecule has 1 aliphatic heterocycles. The van der Waals surface area contributed by atoms with Crippen LogP contribution in [0.2, 0.25) is 0 Å². The summed E-state index contributed by atoms with van der Waals surface area (Å²) in [7, 11) is 0. The van der Waals surface area contributed by atoms with Crippen molar-refractivity contribution >= 4 is 37.8 Å². The Kier molecular flexibility index (Phi) is 5.25. The maximum atomic E-state index is 12.4. The number of benzene rings is 1. The normalized spacial score (nSPS) is 19.9. The van der Waals surface area contributed by atoms with E-state index >= 15 is 0 Å². The van der Waals surface area contributed by atoms with Crippen molar-refractivity contribution < 1.29 is 4.79 Å². The van der Waals surface area contributed by atoms with Crippen molar-refractivity contribution in [2.45, 2.75) is 19.3 Å². The van der Waals surface area contributed by atoms with E-state index in [0.29, 0.717) is 5.92 Å². The van der Waals surface area contributed by atoms with Gasteiger partial charge in [0, 0.05) is 28.5 Å². The number of piperidine rings is 1. The largest absolute Gasteiger partial charge is 0.338 e. The van der Waals surface area contributed by atoms with Gasteiger partial charge in [0.05, 0.1) is 0 Å². The quantitative estimate of drug-likeness (QED) is 0.729.